The van der Waals surface area contributed by atoms with Crippen LogP contribution in [0.4, 0.5) is 0 Å². The molecule has 2 nitrogen and oxygen atoms in total. The quantitative estimate of drug-likeness (QED) is 0.479. The SMILES string of the molecule is C[N+](C)(C)CCCc1ccc2oc3ccccc3c2c1.[I-]. The van der Waals surface area contributed by atoms with Crippen LogP contribution >= 0.6 is 0 Å². The molecular formula is C18H22INO. The summed E-state index contributed by atoms with van der Waals surface area (Å²) in [6, 6.07) is 14.9. The summed E-state index contributed by atoms with van der Waals surface area (Å²) in [4.78, 5) is 0. The molecule has 0 saturated heterocycles. The van der Waals surface area contributed by atoms with Crippen LogP contribution in [0.1, 0.15) is 12.0 Å². The van der Waals surface area contributed by atoms with Crippen molar-refractivity contribution < 1.29 is 32.9 Å². The molecule has 2 aromatic carbocycles. The van der Waals surface area contributed by atoms with Gasteiger partial charge < -0.3 is 32.9 Å². The molecule has 3 aromatic rings. The van der Waals surface area contributed by atoms with Gasteiger partial charge in [0.15, 0.2) is 0 Å². The Morgan fingerprint density at radius 2 is 1.62 bits per heavy atom. The second-order valence-corrected chi connectivity index (χ2v) is 6.55. The minimum Gasteiger partial charge on any atom is -1.00 e. The van der Waals surface area contributed by atoms with E-state index in [1.54, 1.807) is 0 Å². The van der Waals surface area contributed by atoms with Crippen molar-refractivity contribution in [3.05, 3.63) is 48.0 Å². The lowest BCUT2D eigenvalue weighted by Crippen LogP contribution is -3.00. The minimum absolute atomic E-state index is 0. The molecule has 0 atom stereocenters. The number of nitrogens with zero attached hydrogens (tertiary/aromatic N) is 1. The van der Waals surface area contributed by atoms with Gasteiger partial charge in [-0.2, -0.15) is 0 Å². The third-order valence-corrected chi connectivity index (χ3v) is 3.74. The highest BCUT2D eigenvalue weighted by atomic mass is 127. The molecule has 0 fully saturated rings. The van der Waals surface area contributed by atoms with E-state index in [-0.39, 0.29) is 24.0 Å². The Balaban J connectivity index is 0.00000161. The van der Waals surface area contributed by atoms with Gasteiger partial charge in [0.05, 0.1) is 27.7 Å². The predicted octanol–water partition coefficient (Wildman–Crippen LogP) is 1.23. The molecule has 0 aliphatic carbocycles. The van der Waals surface area contributed by atoms with E-state index in [1.165, 1.54) is 29.3 Å². The van der Waals surface area contributed by atoms with E-state index in [0.29, 0.717) is 0 Å². The summed E-state index contributed by atoms with van der Waals surface area (Å²) in [5.41, 5.74) is 3.37. The molecule has 1 heterocycles. The number of para-hydroxylation sites is 1. The number of benzene rings is 2. The first-order chi connectivity index (χ1) is 9.53. The topological polar surface area (TPSA) is 13.1 Å². The van der Waals surface area contributed by atoms with Crippen LogP contribution in [0, 0.1) is 0 Å². The van der Waals surface area contributed by atoms with Crippen molar-refractivity contribution in [1.29, 1.82) is 0 Å². The second-order valence-electron chi connectivity index (χ2n) is 6.55. The van der Waals surface area contributed by atoms with Gasteiger partial charge in [0, 0.05) is 17.2 Å². The Labute approximate surface area is 143 Å². The third-order valence-electron chi connectivity index (χ3n) is 3.74. The highest BCUT2D eigenvalue weighted by molar-refractivity contribution is 6.04. The number of hydrogen-bond donors (Lipinski definition) is 0. The maximum Gasteiger partial charge on any atom is 0.135 e. The second kappa shape index (κ2) is 6.36. The van der Waals surface area contributed by atoms with E-state index in [9.17, 15) is 0 Å². The van der Waals surface area contributed by atoms with E-state index in [2.05, 4.69) is 51.5 Å². The van der Waals surface area contributed by atoms with Gasteiger partial charge in [-0.05, 0) is 30.2 Å². The zero-order valence-electron chi connectivity index (χ0n) is 12.9. The van der Waals surface area contributed by atoms with Crippen molar-refractivity contribution in [2.75, 3.05) is 27.7 Å². The van der Waals surface area contributed by atoms with Crippen LogP contribution in [0.15, 0.2) is 46.9 Å². The number of aryl methyl sites for hydroxylation is 1. The molecule has 3 rings (SSSR count). The van der Waals surface area contributed by atoms with Gasteiger partial charge in [-0.15, -0.1) is 0 Å². The molecule has 21 heavy (non-hydrogen) atoms. The smallest absolute Gasteiger partial charge is 0.135 e. The molecule has 3 heteroatoms. The molecule has 0 unspecified atom stereocenters. The number of hydrogen-bond acceptors (Lipinski definition) is 1. The van der Waals surface area contributed by atoms with Crippen LogP contribution in [0.25, 0.3) is 21.9 Å². The Morgan fingerprint density at radius 1 is 0.905 bits per heavy atom. The van der Waals surface area contributed by atoms with E-state index in [4.69, 9.17) is 4.42 Å². The van der Waals surface area contributed by atoms with Gasteiger partial charge in [-0.1, -0.05) is 24.3 Å². The average molecular weight is 395 g/mol. The standard InChI is InChI=1S/C18H22NO.HI/c1-19(2,3)12-6-7-14-10-11-18-16(13-14)15-8-4-5-9-17(15)20-18;/h4-5,8-11,13H,6-7,12H2,1-3H3;1H/q+1;/p-1. The average Bonchev–Trinajstić information content (AvgIpc) is 2.75. The summed E-state index contributed by atoms with van der Waals surface area (Å²) in [5, 5.41) is 2.46. The molecular weight excluding hydrogens is 373 g/mol. The maximum absolute atomic E-state index is 5.86. The lowest BCUT2D eigenvalue weighted by atomic mass is 10.1. The first kappa shape index (κ1) is 16.3. The number of fused-ring (bicyclic) bond motifs is 3. The summed E-state index contributed by atoms with van der Waals surface area (Å²) < 4.78 is 6.89. The van der Waals surface area contributed by atoms with Gasteiger partial charge >= 0.3 is 0 Å². The number of furan rings is 1. The summed E-state index contributed by atoms with van der Waals surface area (Å²) >= 11 is 0. The van der Waals surface area contributed by atoms with E-state index >= 15 is 0 Å². The van der Waals surface area contributed by atoms with Gasteiger partial charge in [-0.25, -0.2) is 0 Å². The fraction of sp³-hybridized carbons (Fsp3) is 0.333. The Kier molecular flexibility index (Phi) is 4.94. The largest absolute Gasteiger partial charge is 1.00 e. The van der Waals surface area contributed by atoms with Gasteiger partial charge in [0.2, 0.25) is 0 Å². The van der Waals surface area contributed by atoms with Crippen LogP contribution in [0.5, 0.6) is 0 Å². The normalized spacial score (nSPS) is 11.8. The van der Waals surface area contributed by atoms with Gasteiger partial charge in [-0.3, -0.25) is 0 Å². The van der Waals surface area contributed by atoms with Crippen molar-refractivity contribution in [2.24, 2.45) is 0 Å². The fourth-order valence-electron chi connectivity index (χ4n) is 2.69. The first-order valence-corrected chi connectivity index (χ1v) is 7.24. The minimum atomic E-state index is 0. The lowest BCUT2D eigenvalue weighted by molar-refractivity contribution is -0.870. The summed E-state index contributed by atoms with van der Waals surface area (Å²) in [7, 11) is 6.73. The Morgan fingerprint density at radius 3 is 2.38 bits per heavy atom. The molecule has 0 aliphatic rings. The first-order valence-electron chi connectivity index (χ1n) is 7.24. The van der Waals surface area contributed by atoms with Crippen molar-refractivity contribution in [2.45, 2.75) is 12.8 Å². The Hall–Kier alpha value is -1.07. The maximum atomic E-state index is 5.86. The molecule has 0 spiro atoms. The van der Waals surface area contributed by atoms with E-state index < -0.39 is 0 Å². The highest BCUT2D eigenvalue weighted by Gasteiger charge is 2.09. The molecule has 112 valence electrons. The summed E-state index contributed by atoms with van der Waals surface area (Å²) in [5.74, 6) is 0. The number of rotatable bonds is 4. The van der Waals surface area contributed by atoms with E-state index in [0.717, 1.165) is 22.1 Å². The number of quaternary nitrogens is 1. The zero-order chi connectivity index (χ0) is 14.2. The summed E-state index contributed by atoms with van der Waals surface area (Å²) in [6.07, 6.45) is 2.34. The number of halogens is 1. The summed E-state index contributed by atoms with van der Waals surface area (Å²) in [6.45, 7) is 1.20. The van der Waals surface area contributed by atoms with Crippen LogP contribution in [-0.4, -0.2) is 32.2 Å². The zero-order valence-corrected chi connectivity index (χ0v) is 15.1. The molecule has 0 bridgehead atoms. The molecule has 0 saturated carbocycles. The van der Waals surface area contributed by atoms with Gasteiger partial charge in [0.1, 0.15) is 11.2 Å². The lowest BCUT2D eigenvalue weighted by Gasteiger charge is -2.23. The molecule has 0 aliphatic heterocycles. The third kappa shape index (κ3) is 3.77. The molecule has 0 radical (unpaired) electrons. The van der Waals surface area contributed by atoms with Crippen molar-refractivity contribution in [3.8, 4) is 0 Å². The van der Waals surface area contributed by atoms with Crippen LogP contribution < -0.4 is 24.0 Å². The fourth-order valence-corrected chi connectivity index (χ4v) is 2.69. The van der Waals surface area contributed by atoms with Crippen LogP contribution in [-0.2, 0) is 6.42 Å². The van der Waals surface area contributed by atoms with Crippen molar-refractivity contribution in [3.63, 3.8) is 0 Å². The Bertz CT molecular complexity index is 740. The van der Waals surface area contributed by atoms with Crippen molar-refractivity contribution >= 4 is 21.9 Å². The molecule has 1 aromatic heterocycles. The van der Waals surface area contributed by atoms with Gasteiger partial charge in [0.25, 0.3) is 0 Å². The monoisotopic (exact) mass is 395 g/mol. The van der Waals surface area contributed by atoms with Crippen LogP contribution in [0.2, 0.25) is 0 Å². The van der Waals surface area contributed by atoms with Crippen molar-refractivity contribution in [1.82, 2.24) is 0 Å². The highest BCUT2D eigenvalue weighted by Crippen LogP contribution is 2.29. The predicted molar refractivity (Wildman–Crippen MR) is 84.9 cm³/mol. The molecule has 0 amide bonds. The van der Waals surface area contributed by atoms with Crippen LogP contribution in [0.3, 0.4) is 0 Å². The molecule has 0 N–H and O–H groups in total. The van der Waals surface area contributed by atoms with E-state index in [1.807, 2.05) is 12.1 Å².